The van der Waals surface area contributed by atoms with E-state index in [4.69, 9.17) is 16.2 Å². The van der Waals surface area contributed by atoms with Crippen LogP contribution in [0.2, 0.25) is 0 Å². The molecule has 1 saturated heterocycles. The number of hydrogen-bond acceptors (Lipinski definition) is 4. The van der Waals surface area contributed by atoms with Crippen LogP contribution in [-0.2, 0) is 11.2 Å². The lowest BCUT2D eigenvalue weighted by atomic mass is 10.1. The lowest BCUT2D eigenvalue weighted by molar-refractivity contribution is -0.121. The maximum absolute atomic E-state index is 14.2. The van der Waals surface area contributed by atoms with Gasteiger partial charge in [-0.2, -0.15) is 0 Å². The van der Waals surface area contributed by atoms with E-state index >= 15 is 0 Å². The summed E-state index contributed by atoms with van der Waals surface area (Å²) in [6.07, 6.45) is 1.92. The Morgan fingerprint density at radius 2 is 1.82 bits per heavy atom. The molecule has 0 bridgehead atoms. The van der Waals surface area contributed by atoms with Crippen molar-refractivity contribution in [2.45, 2.75) is 25.3 Å². The number of benzene rings is 2. The number of carbonyl (C=O) groups excluding carboxylic acids is 2. The SMILES string of the molecule is Cl.NCCc1ccc(Oc2ccc(F)c(C(=O)N3CCC[C@H]3C(N)=O)c2)cc1. The summed E-state index contributed by atoms with van der Waals surface area (Å²) in [7, 11) is 0. The first-order chi connectivity index (χ1) is 13.0. The fraction of sp³-hybridized carbons (Fsp3) is 0.300. The van der Waals surface area contributed by atoms with Crippen molar-refractivity contribution in [2.24, 2.45) is 11.5 Å². The maximum Gasteiger partial charge on any atom is 0.257 e. The molecule has 1 aliphatic heterocycles. The number of likely N-dealkylation sites (tertiary alicyclic amines) is 1. The van der Waals surface area contributed by atoms with Crippen LogP contribution in [0.25, 0.3) is 0 Å². The van der Waals surface area contributed by atoms with Crippen molar-refractivity contribution in [3.8, 4) is 11.5 Å². The fourth-order valence-corrected chi connectivity index (χ4v) is 3.22. The molecule has 1 fully saturated rings. The molecule has 0 radical (unpaired) electrons. The quantitative estimate of drug-likeness (QED) is 0.768. The monoisotopic (exact) mass is 407 g/mol. The summed E-state index contributed by atoms with van der Waals surface area (Å²) in [5.74, 6) is -0.900. The molecule has 4 N–H and O–H groups in total. The van der Waals surface area contributed by atoms with Gasteiger partial charge in [-0.1, -0.05) is 12.1 Å². The van der Waals surface area contributed by atoms with Gasteiger partial charge in [0.05, 0.1) is 5.56 Å². The Labute approximate surface area is 169 Å². The Bertz CT molecular complexity index is 845. The lowest BCUT2D eigenvalue weighted by Gasteiger charge is -2.22. The summed E-state index contributed by atoms with van der Waals surface area (Å²) in [4.78, 5) is 25.6. The Morgan fingerprint density at radius 3 is 2.46 bits per heavy atom. The highest BCUT2D eigenvalue weighted by Gasteiger charge is 2.34. The van der Waals surface area contributed by atoms with Crippen molar-refractivity contribution in [3.63, 3.8) is 0 Å². The lowest BCUT2D eigenvalue weighted by Crippen LogP contribution is -2.43. The van der Waals surface area contributed by atoms with Crippen LogP contribution in [0.15, 0.2) is 42.5 Å². The van der Waals surface area contributed by atoms with Gasteiger partial charge in [0, 0.05) is 6.54 Å². The van der Waals surface area contributed by atoms with Crippen molar-refractivity contribution in [3.05, 3.63) is 59.4 Å². The summed E-state index contributed by atoms with van der Waals surface area (Å²) in [6, 6.07) is 10.7. The molecule has 2 amide bonds. The predicted molar refractivity (Wildman–Crippen MR) is 106 cm³/mol. The number of nitrogens with zero attached hydrogens (tertiary/aromatic N) is 1. The van der Waals surface area contributed by atoms with Crippen molar-refractivity contribution in [1.82, 2.24) is 4.90 Å². The average molecular weight is 408 g/mol. The van der Waals surface area contributed by atoms with Crippen LogP contribution in [0.4, 0.5) is 4.39 Å². The van der Waals surface area contributed by atoms with Crippen molar-refractivity contribution < 1.29 is 18.7 Å². The van der Waals surface area contributed by atoms with E-state index < -0.39 is 23.7 Å². The minimum Gasteiger partial charge on any atom is -0.457 e. The predicted octanol–water partition coefficient (Wildman–Crippen LogP) is 2.63. The molecule has 8 heteroatoms. The zero-order chi connectivity index (χ0) is 19.4. The second-order valence-electron chi connectivity index (χ2n) is 6.49. The Morgan fingerprint density at radius 1 is 1.14 bits per heavy atom. The first-order valence-corrected chi connectivity index (χ1v) is 8.86. The smallest absolute Gasteiger partial charge is 0.257 e. The van der Waals surface area contributed by atoms with E-state index in [0.717, 1.165) is 12.0 Å². The van der Waals surface area contributed by atoms with Crippen molar-refractivity contribution in [2.75, 3.05) is 13.1 Å². The van der Waals surface area contributed by atoms with Crippen LogP contribution in [0.1, 0.15) is 28.8 Å². The molecule has 1 atom stereocenters. The molecule has 0 aromatic heterocycles. The van der Waals surface area contributed by atoms with Gasteiger partial charge in [-0.25, -0.2) is 4.39 Å². The molecule has 0 spiro atoms. The Kier molecular flexibility index (Phi) is 7.37. The molecular formula is C20H23ClFN3O3. The number of carbonyl (C=O) groups is 2. The van der Waals surface area contributed by atoms with Crippen molar-refractivity contribution in [1.29, 1.82) is 0 Å². The third kappa shape index (κ3) is 4.79. The molecule has 2 aromatic carbocycles. The van der Waals surface area contributed by atoms with Crippen LogP contribution in [0.3, 0.4) is 0 Å². The van der Waals surface area contributed by atoms with E-state index in [1.54, 1.807) is 12.1 Å². The molecular weight excluding hydrogens is 385 g/mol. The van der Waals surface area contributed by atoms with Crippen LogP contribution in [0.5, 0.6) is 11.5 Å². The van der Waals surface area contributed by atoms with Crippen LogP contribution < -0.4 is 16.2 Å². The normalized spacial score (nSPS) is 15.8. The molecule has 6 nitrogen and oxygen atoms in total. The van der Waals surface area contributed by atoms with Gasteiger partial charge >= 0.3 is 0 Å². The van der Waals surface area contributed by atoms with Gasteiger partial charge in [0.2, 0.25) is 5.91 Å². The third-order valence-corrected chi connectivity index (χ3v) is 4.60. The number of ether oxygens (including phenoxy) is 1. The highest BCUT2D eigenvalue weighted by Crippen LogP contribution is 2.27. The van der Waals surface area contributed by atoms with E-state index in [1.165, 1.54) is 23.1 Å². The van der Waals surface area contributed by atoms with E-state index in [-0.39, 0.29) is 18.0 Å². The highest BCUT2D eigenvalue weighted by molar-refractivity contribution is 5.98. The minimum absolute atomic E-state index is 0. The van der Waals surface area contributed by atoms with Gasteiger partial charge in [0.25, 0.3) is 5.91 Å². The number of hydrogen-bond donors (Lipinski definition) is 2. The van der Waals surface area contributed by atoms with Crippen molar-refractivity contribution >= 4 is 24.2 Å². The molecule has 1 aliphatic rings. The largest absolute Gasteiger partial charge is 0.457 e. The zero-order valence-electron chi connectivity index (χ0n) is 15.3. The van der Waals surface area contributed by atoms with Gasteiger partial charge in [0.15, 0.2) is 0 Å². The number of nitrogens with two attached hydrogens (primary N) is 2. The summed E-state index contributed by atoms with van der Waals surface area (Å²) in [5, 5.41) is 0. The Hall–Kier alpha value is -2.64. The third-order valence-electron chi connectivity index (χ3n) is 4.60. The molecule has 150 valence electrons. The van der Waals surface area contributed by atoms with E-state index in [0.29, 0.717) is 37.4 Å². The second kappa shape index (κ2) is 9.52. The summed E-state index contributed by atoms with van der Waals surface area (Å²) >= 11 is 0. The topological polar surface area (TPSA) is 98.7 Å². The maximum atomic E-state index is 14.2. The van der Waals surface area contributed by atoms with E-state index in [9.17, 15) is 14.0 Å². The van der Waals surface area contributed by atoms with E-state index in [2.05, 4.69) is 0 Å². The number of halogens is 2. The fourth-order valence-electron chi connectivity index (χ4n) is 3.22. The molecule has 0 unspecified atom stereocenters. The molecule has 0 aliphatic carbocycles. The number of amides is 2. The number of rotatable bonds is 6. The first kappa shape index (κ1) is 21.7. The zero-order valence-corrected chi connectivity index (χ0v) is 16.1. The van der Waals surface area contributed by atoms with Crippen LogP contribution in [0, 0.1) is 5.82 Å². The molecule has 28 heavy (non-hydrogen) atoms. The van der Waals surface area contributed by atoms with Gasteiger partial charge in [-0.15, -0.1) is 12.4 Å². The average Bonchev–Trinajstić information content (AvgIpc) is 3.15. The second-order valence-corrected chi connectivity index (χ2v) is 6.49. The van der Waals surface area contributed by atoms with Gasteiger partial charge < -0.3 is 21.1 Å². The van der Waals surface area contributed by atoms with E-state index in [1.807, 2.05) is 12.1 Å². The molecule has 3 rings (SSSR count). The summed E-state index contributed by atoms with van der Waals surface area (Å²) in [6.45, 7) is 0.937. The molecule has 1 heterocycles. The van der Waals surface area contributed by atoms with Gasteiger partial charge in [-0.05, 0) is 61.7 Å². The molecule has 2 aromatic rings. The van der Waals surface area contributed by atoms with Gasteiger partial charge in [-0.3, -0.25) is 9.59 Å². The Balaban J connectivity index is 0.00000280. The first-order valence-electron chi connectivity index (χ1n) is 8.86. The number of primary amides is 1. The van der Waals surface area contributed by atoms with Crippen LogP contribution >= 0.6 is 12.4 Å². The van der Waals surface area contributed by atoms with Crippen LogP contribution in [-0.4, -0.2) is 35.8 Å². The highest BCUT2D eigenvalue weighted by atomic mass is 35.5. The summed E-state index contributed by atoms with van der Waals surface area (Å²) in [5.41, 5.74) is 11.8. The summed E-state index contributed by atoms with van der Waals surface area (Å²) < 4.78 is 20.0. The molecule has 0 saturated carbocycles. The van der Waals surface area contributed by atoms with Gasteiger partial charge in [0.1, 0.15) is 23.4 Å². The standard InChI is InChI=1S/C20H22FN3O3.ClH/c21-17-8-7-15(27-14-5-3-13(4-6-14)9-10-22)12-16(17)20(26)24-11-1-2-18(24)19(23)25;/h3-8,12,18H,1-2,9-11,22H2,(H2,23,25);1H/t18-;/m0./s1. The minimum atomic E-state index is -0.698.